The molecule has 42 valence electrons. The van der Waals surface area contributed by atoms with E-state index in [1.807, 2.05) is 0 Å². The van der Waals surface area contributed by atoms with E-state index in [1.54, 1.807) is 0 Å². The van der Waals surface area contributed by atoms with Gasteiger partial charge in [-0.2, -0.15) is 0 Å². The lowest BCUT2D eigenvalue weighted by molar-refractivity contribution is 0.622. The van der Waals surface area contributed by atoms with E-state index in [-0.39, 0.29) is 0 Å². The maximum absolute atomic E-state index is 3.37. The molecule has 0 amide bonds. The number of hydrogen-bond donors (Lipinski definition) is 1. The van der Waals surface area contributed by atoms with Crippen molar-refractivity contribution in [2.45, 2.75) is 26.3 Å². The van der Waals surface area contributed by atoms with E-state index < -0.39 is 0 Å². The molecule has 1 saturated heterocycles. The van der Waals surface area contributed by atoms with E-state index in [4.69, 9.17) is 0 Å². The van der Waals surface area contributed by atoms with Gasteiger partial charge in [-0.25, -0.2) is 0 Å². The number of rotatable bonds is 0. The van der Waals surface area contributed by atoms with E-state index in [9.17, 15) is 0 Å². The molecule has 1 N–H and O–H groups in total. The van der Waals surface area contributed by atoms with Crippen LogP contribution in [0.1, 0.15) is 20.3 Å². The van der Waals surface area contributed by atoms with Crippen LogP contribution in [0.25, 0.3) is 0 Å². The maximum Gasteiger partial charge on any atom is 0.00418 e. The Labute approximate surface area is 45.1 Å². The van der Waals surface area contributed by atoms with Crippen molar-refractivity contribution >= 4 is 0 Å². The quantitative estimate of drug-likeness (QED) is 0.478. The fourth-order valence-corrected chi connectivity index (χ4v) is 1.17. The molecule has 2 unspecified atom stereocenters. The van der Waals surface area contributed by atoms with Gasteiger partial charge in [-0.05, 0) is 25.8 Å². The first-order chi connectivity index (χ1) is 3.29. The topological polar surface area (TPSA) is 12.0 Å². The standard InChI is InChI=1S/C6H13N/c1-5-3-6(2)7-4-5/h5-7H,3-4H2,1-2H3. The normalized spacial score (nSPS) is 42.0. The van der Waals surface area contributed by atoms with Gasteiger partial charge in [0.1, 0.15) is 0 Å². The van der Waals surface area contributed by atoms with Crippen LogP contribution >= 0.6 is 0 Å². The van der Waals surface area contributed by atoms with Crippen molar-refractivity contribution < 1.29 is 0 Å². The van der Waals surface area contributed by atoms with Crippen LogP contribution in [0.15, 0.2) is 0 Å². The van der Waals surface area contributed by atoms with Crippen LogP contribution in [0.4, 0.5) is 0 Å². The maximum atomic E-state index is 3.37. The zero-order valence-electron chi connectivity index (χ0n) is 5.07. The Kier molecular flexibility index (Phi) is 1.33. The zero-order chi connectivity index (χ0) is 5.28. The lowest BCUT2D eigenvalue weighted by atomic mass is 10.1. The minimum absolute atomic E-state index is 0.773. The van der Waals surface area contributed by atoms with Crippen LogP contribution in [-0.2, 0) is 0 Å². The molecule has 0 saturated carbocycles. The molecule has 0 aromatic rings. The van der Waals surface area contributed by atoms with Gasteiger partial charge in [0.05, 0.1) is 0 Å². The van der Waals surface area contributed by atoms with E-state index >= 15 is 0 Å². The molecule has 0 radical (unpaired) electrons. The zero-order valence-corrected chi connectivity index (χ0v) is 5.07. The van der Waals surface area contributed by atoms with Gasteiger partial charge in [-0.15, -0.1) is 0 Å². The van der Waals surface area contributed by atoms with Crippen molar-refractivity contribution in [3.63, 3.8) is 0 Å². The molecule has 1 rings (SSSR count). The molecule has 0 spiro atoms. The summed E-state index contributed by atoms with van der Waals surface area (Å²) in [5, 5.41) is 3.37. The molecular weight excluding hydrogens is 86.1 g/mol. The van der Waals surface area contributed by atoms with Crippen LogP contribution in [0.2, 0.25) is 0 Å². The average Bonchev–Trinajstić information content (AvgIpc) is 1.87. The second-order valence-corrected chi connectivity index (χ2v) is 2.65. The van der Waals surface area contributed by atoms with Crippen molar-refractivity contribution in [3.8, 4) is 0 Å². The molecule has 1 aliphatic rings. The minimum atomic E-state index is 0.773. The van der Waals surface area contributed by atoms with Crippen LogP contribution in [0.3, 0.4) is 0 Å². The summed E-state index contributed by atoms with van der Waals surface area (Å²) in [5.41, 5.74) is 0. The molecule has 0 bridgehead atoms. The van der Waals surface area contributed by atoms with E-state index in [2.05, 4.69) is 19.2 Å². The molecule has 1 heteroatoms. The first kappa shape index (κ1) is 5.10. The van der Waals surface area contributed by atoms with E-state index in [0.29, 0.717) is 0 Å². The van der Waals surface area contributed by atoms with Gasteiger partial charge >= 0.3 is 0 Å². The highest BCUT2D eigenvalue weighted by molar-refractivity contribution is 4.74. The molecule has 7 heavy (non-hydrogen) atoms. The van der Waals surface area contributed by atoms with Crippen molar-refractivity contribution in [2.75, 3.05) is 6.54 Å². The van der Waals surface area contributed by atoms with Crippen molar-refractivity contribution in [1.29, 1.82) is 0 Å². The van der Waals surface area contributed by atoms with E-state index in [0.717, 1.165) is 12.0 Å². The van der Waals surface area contributed by atoms with Gasteiger partial charge in [0.25, 0.3) is 0 Å². The van der Waals surface area contributed by atoms with Crippen LogP contribution in [0.5, 0.6) is 0 Å². The molecule has 1 aliphatic heterocycles. The fourth-order valence-electron chi connectivity index (χ4n) is 1.17. The third-order valence-corrected chi connectivity index (χ3v) is 1.57. The van der Waals surface area contributed by atoms with Gasteiger partial charge in [0.2, 0.25) is 0 Å². The summed E-state index contributed by atoms with van der Waals surface area (Å²) in [6, 6.07) is 0.773. The predicted octanol–water partition coefficient (Wildman–Crippen LogP) is 1.00. The lowest BCUT2D eigenvalue weighted by Crippen LogP contribution is -2.16. The van der Waals surface area contributed by atoms with Crippen molar-refractivity contribution in [1.82, 2.24) is 5.32 Å². The third kappa shape index (κ3) is 1.16. The molecule has 1 fully saturated rings. The molecule has 1 nitrogen and oxygen atoms in total. The summed E-state index contributed by atoms with van der Waals surface area (Å²) < 4.78 is 0. The Morgan fingerprint density at radius 2 is 2.14 bits per heavy atom. The molecule has 0 aromatic carbocycles. The van der Waals surface area contributed by atoms with Gasteiger partial charge in [-0.1, -0.05) is 6.92 Å². The Hall–Kier alpha value is -0.0400. The van der Waals surface area contributed by atoms with Crippen molar-refractivity contribution in [3.05, 3.63) is 0 Å². The Bertz CT molecular complexity index is 53.2. The third-order valence-electron chi connectivity index (χ3n) is 1.57. The highest BCUT2D eigenvalue weighted by Crippen LogP contribution is 2.10. The first-order valence-electron chi connectivity index (χ1n) is 3.02. The Balaban J connectivity index is 2.26. The van der Waals surface area contributed by atoms with Crippen LogP contribution in [0, 0.1) is 5.92 Å². The highest BCUT2D eigenvalue weighted by atomic mass is 14.9. The van der Waals surface area contributed by atoms with Crippen molar-refractivity contribution in [2.24, 2.45) is 5.92 Å². The molecular formula is C6H13N. The van der Waals surface area contributed by atoms with Crippen LogP contribution in [-0.4, -0.2) is 12.6 Å². The fraction of sp³-hybridized carbons (Fsp3) is 1.00. The molecule has 0 aromatic heterocycles. The summed E-state index contributed by atoms with van der Waals surface area (Å²) in [4.78, 5) is 0. The van der Waals surface area contributed by atoms with Gasteiger partial charge in [0.15, 0.2) is 0 Å². The lowest BCUT2D eigenvalue weighted by Gasteiger charge is -1.96. The first-order valence-corrected chi connectivity index (χ1v) is 3.02. The Morgan fingerprint density at radius 1 is 1.43 bits per heavy atom. The average molecular weight is 99.2 g/mol. The summed E-state index contributed by atoms with van der Waals surface area (Å²) >= 11 is 0. The van der Waals surface area contributed by atoms with Gasteiger partial charge < -0.3 is 5.32 Å². The predicted molar refractivity (Wildman–Crippen MR) is 31.2 cm³/mol. The van der Waals surface area contributed by atoms with Gasteiger partial charge in [0, 0.05) is 6.04 Å². The SMILES string of the molecule is CC1CNC(C)C1. The number of hydrogen-bond acceptors (Lipinski definition) is 1. The second-order valence-electron chi connectivity index (χ2n) is 2.65. The number of nitrogens with one attached hydrogen (secondary N) is 1. The highest BCUT2D eigenvalue weighted by Gasteiger charge is 2.14. The van der Waals surface area contributed by atoms with E-state index in [1.165, 1.54) is 13.0 Å². The van der Waals surface area contributed by atoms with Gasteiger partial charge in [-0.3, -0.25) is 0 Å². The van der Waals surface area contributed by atoms with Crippen LogP contribution < -0.4 is 5.32 Å². The second kappa shape index (κ2) is 1.83. The summed E-state index contributed by atoms with van der Waals surface area (Å²) in [6.07, 6.45) is 1.36. The molecule has 2 atom stereocenters. The summed E-state index contributed by atoms with van der Waals surface area (Å²) in [7, 11) is 0. The smallest absolute Gasteiger partial charge is 0.00418 e. The molecule has 1 heterocycles. The molecule has 0 aliphatic carbocycles. The Morgan fingerprint density at radius 3 is 2.29 bits per heavy atom. The summed E-state index contributed by atoms with van der Waals surface area (Å²) in [6.45, 7) is 5.75. The largest absolute Gasteiger partial charge is 0.314 e. The minimum Gasteiger partial charge on any atom is -0.314 e. The summed E-state index contributed by atoms with van der Waals surface area (Å²) in [5.74, 6) is 0.912. The monoisotopic (exact) mass is 99.1 g/mol.